The van der Waals surface area contributed by atoms with Gasteiger partial charge in [0.1, 0.15) is 5.69 Å². The maximum atomic E-state index is 12.3. The molecule has 0 saturated carbocycles. The van der Waals surface area contributed by atoms with Crippen molar-refractivity contribution in [2.75, 3.05) is 19.6 Å². The third-order valence-corrected chi connectivity index (χ3v) is 3.30. The Labute approximate surface area is 118 Å². The van der Waals surface area contributed by atoms with Crippen LogP contribution in [0.4, 0.5) is 0 Å². The molecule has 18 heavy (non-hydrogen) atoms. The van der Waals surface area contributed by atoms with Crippen molar-refractivity contribution >= 4 is 29.9 Å². The minimum atomic E-state index is 0. The Kier molecular flexibility index (Phi) is 5.99. The van der Waals surface area contributed by atoms with Gasteiger partial charge in [0.25, 0.3) is 5.91 Å². The van der Waals surface area contributed by atoms with Crippen molar-refractivity contribution in [3.8, 4) is 0 Å². The molecule has 0 radical (unpaired) electrons. The number of aromatic amines is 1. The van der Waals surface area contributed by atoms with E-state index in [-0.39, 0.29) is 18.3 Å². The van der Waals surface area contributed by atoms with Crippen LogP contribution in [0.15, 0.2) is 12.3 Å². The number of nitrogens with zero attached hydrogens (tertiary/aromatic N) is 1. The molecule has 102 valence electrons. The summed E-state index contributed by atoms with van der Waals surface area (Å²) in [5.74, 6) is 0.0486. The van der Waals surface area contributed by atoms with E-state index in [4.69, 9.17) is 11.6 Å². The van der Waals surface area contributed by atoms with Crippen molar-refractivity contribution in [3.63, 3.8) is 0 Å². The predicted octanol–water partition coefficient (Wildman–Crippen LogP) is 2.30. The molecule has 2 N–H and O–H groups in total. The van der Waals surface area contributed by atoms with E-state index < -0.39 is 0 Å². The summed E-state index contributed by atoms with van der Waals surface area (Å²) in [6, 6.07) is 2.00. The Morgan fingerprint density at radius 1 is 1.61 bits per heavy atom. The van der Waals surface area contributed by atoms with Crippen molar-refractivity contribution in [1.82, 2.24) is 15.2 Å². The van der Waals surface area contributed by atoms with Crippen LogP contribution in [-0.2, 0) is 0 Å². The van der Waals surface area contributed by atoms with Crippen LogP contribution < -0.4 is 5.32 Å². The SMILES string of the molecule is CCCN(C(=O)c1cc(Cl)c[nH]1)C1CCNC1.Cl. The second kappa shape index (κ2) is 7.02. The van der Waals surface area contributed by atoms with E-state index >= 15 is 0 Å². The highest BCUT2D eigenvalue weighted by atomic mass is 35.5. The van der Waals surface area contributed by atoms with Gasteiger partial charge in [-0.25, -0.2) is 0 Å². The molecule has 0 spiro atoms. The number of carbonyl (C=O) groups excluding carboxylic acids is 1. The quantitative estimate of drug-likeness (QED) is 0.894. The lowest BCUT2D eigenvalue weighted by molar-refractivity contribution is 0.0687. The smallest absolute Gasteiger partial charge is 0.270 e. The van der Waals surface area contributed by atoms with Crippen molar-refractivity contribution in [3.05, 3.63) is 23.0 Å². The molecule has 1 saturated heterocycles. The van der Waals surface area contributed by atoms with Gasteiger partial charge in [-0.05, 0) is 25.5 Å². The van der Waals surface area contributed by atoms with Gasteiger partial charge in [-0.2, -0.15) is 0 Å². The van der Waals surface area contributed by atoms with Crippen molar-refractivity contribution in [2.24, 2.45) is 0 Å². The topological polar surface area (TPSA) is 48.1 Å². The fraction of sp³-hybridized carbons (Fsp3) is 0.583. The summed E-state index contributed by atoms with van der Waals surface area (Å²) in [5, 5.41) is 3.87. The van der Waals surface area contributed by atoms with Crippen LogP contribution in [-0.4, -0.2) is 41.5 Å². The fourth-order valence-electron chi connectivity index (χ4n) is 2.24. The van der Waals surface area contributed by atoms with Crippen LogP contribution in [0.2, 0.25) is 5.02 Å². The summed E-state index contributed by atoms with van der Waals surface area (Å²) < 4.78 is 0. The van der Waals surface area contributed by atoms with Gasteiger partial charge < -0.3 is 15.2 Å². The first-order valence-electron chi connectivity index (χ1n) is 6.08. The fourth-order valence-corrected chi connectivity index (χ4v) is 2.41. The Morgan fingerprint density at radius 3 is 2.89 bits per heavy atom. The number of rotatable bonds is 4. The normalized spacial score (nSPS) is 18.4. The Hall–Kier alpha value is -0.710. The molecular weight excluding hydrogens is 273 g/mol. The first-order chi connectivity index (χ1) is 8.22. The molecule has 0 aromatic carbocycles. The maximum absolute atomic E-state index is 12.3. The maximum Gasteiger partial charge on any atom is 0.270 e. The number of halogens is 2. The van der Waals surface area contributed by atoms with Gasteiger partial charge in [-0.1, -0.05) is 18.5 Å². The molecule has 1 aliphatic rings. The zero-order valence-corrected chi connectivity index (χ0v) is 12.0. The second-order valence-electron chi connectivity index (χ2n) is 4.38. The van der Waals surface area contributed by atoms with Crippen molar-refractivity contribution in [1.29, 1.82) is 0 Å². The lowest BCUT2D eigenvalue weighted by Gasteiger charge is -2.27. The summed E-state index contributed by atoms with van der Waals surface area (Å²) in [6.45, 7) is 4.76. The molecule has 1 unspecified atom stereocenters. The van der Waals surface area contributed by atoms with E-state index in [0.29, 0.717) is 16.8 Å². The van der Waals surface area contributed by atoms with Gasteiger partial charge in [0.15, 0.2) is 0 Å². The molecule has 1 aromatic rings. The first kappa shape index (κ1) is 15.3. The van der Waals surface area contributed by atoms with E-state index in [9.17, 15) is 4.79 Å². The van der Waals surface area contributed by atoms with Gasteiger partial charge in [0.05, 0.1) is 5.02 Å². The molecule has 2 rings (SSSR count). The summed E-state index contributed by atoms with van der Waals surface area (Å²) >= 11 is 5.83. The molecular formula is C12H19Cl2N3O. The summed E-state index contributed by atoms with van der Waals surface area (Å²) in [4.78, 5) is 17.2. The lowest BCUT2D eigenvalue weighted by Crippen LogP contribution is -2.42. The molecule has 4 nitrogen and oxygen atoms in total. The Bertz CT molecular complexity index is 388. The van der Waals surface area contributed by atoms with Crippen LogP contribution in [0.3, 0.4) is 0 Å². The van der Waals surface area contributed by atoms with Gasteiger partial charge in [0.2, 0.25) is 0 Å². The molecule has 1 amide bonds. The molecule has 1 atom stereocenters. The van der Waals surface area contributed by atoms with Crippen LogP contribution in [0.5, 0.6) is 0 Å². The van der Waals surface area contributed by atoms with Crippen LogP contribution >= 0.6 is 24.0 Å². The molecule has 1 fully saturated rings. The first-order valence-corrected chi connectivity index (χ1v) is 6.45. The van der Waals surface area contributed by atoms with Crippen LogP contribution in [0, 0.1) is 0 Å². The number of H-pyrrole nitrogens is 1. The summed E-state index contributed by atoms with van der Waals surface area (Å²) in [6.07, 6.45) is 3.64. The molecule has 0 bridgehead atoms. The van der Waals surface area contributed by atoms with Crippen LogP contribution in [0.25, 0.3) is 0 Å². The second-order valence-corrected chi connectivity index (χ2v) is 4.81. The van der Waals surface area contributed by atoms with Gasteiger partial charge in [-0.3, -0.25) is 4.79 Å². The summed E-state index contributed by atoms with van der Waals surface area (Å²) in [7, 11) is 0. The van der Waals surface area contributed by atoms with Gasteiger partial charge >= 0.3 is 0 Å². The lowest BCUT2D eigenvalue weighted by atomic mass is 10.2. The molecule has 6 heteroatoms. The average molecular weight is 292 g/mol. The minimum Gasteiger partial charge on any atom is -0.356 e. The Morgan fingerprint density at radius 2 is 2.39 bits per heavy atom. The standard InChI is InChI=1S/C12H18ClN3O.ClH/c1-2-5-16(10-3-4-14-8-10)12(17)11-6-9(13)7-15-11;/h6-7,10,14-15H,2-5,8H2,1H3;1H. The average Bonchev–Trinajstić information content (AvgIpc) is 2.95. The molecule has 1 aromatic heterocycles. The van der Waals surface area contributed by atoms with Gasteiger partial charge in [-0.15, -0.1) is 12.4 Å². The van der Waals surface area contributed by atoms with E-state index in [1.165, 1.54) is 0 Å². The number of hydrogen-bond donors (Lipinski definition) is 2. The zero-order valence-electron chi connectivity index (χ0n) is 10.4. The van der Waals surface area contributed by atoms with Crippen molar-refractivity contribution in [2.45, 2.75) is 25.8 Å². The van der Waals surface area contributed by atoms with Gasteiger partial charge in [0, 0.05) is 25.3 Å². The summed E-state index contributed by atoms with van der Waals surface area (Å²) in [5.41, 5.74) is 0.579. The molecule has 2 heterocycles. The van der Waals surface area contributed by atoms with Crippen molar-refractivity contribution < 1.29 is 4.79 Å². The third kappa shape index (κ3) is 3.40. The van der Waals surface area contributed by atoms with Crippen LogP contribution in [0.1, 0.15) is 30.3 Å². The number of hydrogen-bond acceptors (Lipinski definition) is 2. The Balaban J connectivity index is 0.00000162. The number of amides is 1. The highest BCUT2D eigenvalue weighted by Crippen LogP contribution is 2.16. The van der Waals surface area contributed by atoms with E-state index in [1.54, 1.807) is 12.3 Å². The largest absolute Gasteiger partial charge is 0.356 e. The van der Waals surface area contributed by atoms with E-state index in [0.717, 1.165) is 32.5 Å². The number of carbonyl (C=O) groups is 1. The number of aromatic nitrogens is 1. The van der Waals surface area contributed by atoms with E-state index in [1.807, 2.05) is 4.90 Å². The third-order valence-electron chi connectivity index (χ3n) is 3.08. The van der Waals surface area contributed by atoms with E-state index in [2.05, 4.69) is 17.2 Å². The highest BCUT2D eigenvalue weighted by molar-refractivity contribution is 6.30. The monoisotopic (exact) mass is 291 g/mol. The minimum absolute atomic E-state index is 0. The highest BCUT2D eigenvalue weighted by Gasteiger charge is 2.27. The molecule has 0 aliphatic carbocycles. The molecule has 1 aliphatic heterocycles. The zero-order chi connectivity index (χ0) is 12.3. The predicted molar refractivity (Wildman–Crippen MR) is 75.7 cm³/mol. The number of nitrogens with one attached hydrogen (secondary N) is 2.